The molecule has 122 valence electrons. The van der Waals surface area contributed by atoms with Crippen molar-refractivity contribution in [1.82, 2.24) is 0 Å². The van der Waals surface area contributed by atoms with Crippen molar-refractivity contribution in [2.24, 2.45) is 5.92 Å². The molecule has 0 aromatic rings. The van der Waals surface area contributed by atoms with Gasteiger partial charge in [-0.05, 0) is 45.4 Å². The van der Waals surface area contributed by atoms with Crippen LogP contribution in [0.3, 0.4) is 0 Å². The number of aliphatic hydroxyl groups excluding tert-OH is 2. The third kappa shape index (κ3) is 6.70. The molecule has 5 nitrogen and oxygen atoms in total. The third-order valence-electron chi connectivity index (χ3n) is 4.04. The van der Waals surface area contributed by atoms with Crippen LogP contribution in [-0.4, -0.2) is 50.1 Å². The van der Waals surface area contributed by atoms with Gasteiger partial charge in [-0.1, -0.05) is 12.2 Å². The Labute approximate surface area is 126 Å². The summed E-state index contributed by atoms with van der Waals surface area (Å²) >= 11 is 0. The molecule has 21 heavy (non-hydrogen) atoms. The van der Waals surface area contributed by atoms with Crippen molar-refractivity contribution < 1.29 is 25.2 Å². The molecule has 1 aliphatic rings. The van der Waals surface area contributed by atoms with Gasteiger partial charge in [0.1, 0.15) is 6.29 Å². The number of rotatable bonds is 8. The van der Waals surface area contributed by atoms with Crippen LogP contribution in [0.15, 0.2) is 12.2 Å². The molecule has 0 radical (unpaired) electrons. The van der Waals surface area contributed by atoms with E-state index < -0.39 is 23.4 Å². The van der Waals surface area contributed by atoms with Gasteiger partial charge in [-0.2, -0.15) is 0 Å². The van der Waals surface area contributed by atoms with E-state index in [0.717, 1.165) is 6.29 Å². The second-order valence-electron chi connectivity index (χ2n) is 6.87. The van der Waals surface area contributed by atoms with Crippen molar-refractivity contribution in [3.05, 3.63) is 12.2 Å². The van der Waals surface area contributed by atoms with Gasteiger partial charge >= 0.3 is 0 Å². The molecule has 4 N–H and O–H groups in total. The summed E-state index contributed by atoms with van der Waals surface area (Å²) in [4.78, 5) is 10.5. The van der Waals surface area contributed by atoms with E-state index in [1.807, 2.05) is 0 Å². The van der Waals surface area contributed by atoms with Gasteiger partial charge in [0.25, 0.3) is 0 Å². The first-order chi connectivity index (χ1) is 9.65. The molecule has 1 unspecified atom stereocenters. The predicted octanol–water partition coefficient (Wildman–Crippen LogP) is 0.936. The first kappa shape index (κ1) is 18.3. The average molecular weight is 300 g/mol. The summed E-state index contributed by atoms with van der Waals surface area (Å²) in [5, 5.41) is 39.6. The van der Waals surface area contributed by atoms with Crippen LogP contribution in [0.4, 0.5) is 0 Å². The zero-order chi connectivity index (χ0) is 16.1. The Hall–Kier alpha value is -0.750. The Bertz CT molecular complexity index is 360. The molecular weight excluding hydrogens is 272 g/mol. The zero-order valence-electron chi connectivity index (χ0n) is 12.9. The fraction of sp³-hybridized carbons (Fsp3) is 0.812. The summed E-state index contributed by atoms with van der Waals surface area (Å²) in [5.41, 5.74) is -1.89. The molecule has 0 heterocycles. The van der Waals surface area contributed by atoms with Crippen molar-refractivity contribution in [2.45, 2.75) is 75.8 Å². The van der Waals surface area contributed by atoms with Gasteiger partial charge < -0.3 is 25.2 Å². The molecule has 4 atom stereocenters. The Morgan fingerprint density at radius 1 is 1.38 bits per heavy atom. The van der Waals surface area contributed by atoms with Crippen molar-refractivity contribution in [2.75, 3.05) is 0 Å². The van der Waals surface area contributed by atoms with E-state index in [4.69, 9.17) is 0 Å². The van der Waals surface area contributed by atoms with Gasteiger partial charge in [0.05, 0.1) is 23.4 Å². The molecular formula is C16H28O5. The van der Waals surface area contributed by atoms with Crippen molar-refractivity contribution >= 4 is 6.29 Å². The number of hydrogen-bond donors (Lipinski definition) is 4. The molecule has 0 aromatic carbocycles. The Morgan fingerprint density at radius 3 is 2.62 bits per heavy atom. The summed E-state index contributed by atoms with van der Waals surface area (Å²) in [6, 6.07) is 0. The summed E-state index contributed by atoms with van der Waals surface area (Å²) in [6.45, 7) is 3.45. The Morgan fingerprint density at radius 2 is 2.05 bits per heavy atom. The number of aldehydes is 1. The highest BCUT2D eigenvalue weighted by Gasteiger charge is 2.41. The van der Waals surface area contributed by atoms with Gasteiger partial charge in [-0.25, -0.2) is 0 Å². The van der Waals surface area contributed by atoms with E-state index in [1.54, 1.807) is 19.9 Å². The SMILES string of the molecule is CC(C)(O)CCCC(O)C=C[C@]1(O)C[C@@H](CC=O)[C@@H](O)C1. The topological polar surface area (TPSA) is 98.0 Å². The van der Waals surface area contributed by atoms with E-state index >= 15 is 0 Å². The first-order valence-corrected chi connectivity index (χ1v) is 7.59. The van der Waals surface area contributed by atoms with Crippen LogP contribution in [0.2, 0.25) is 0 Å². The lowest BCUT2D eigenvalue weighted by Crippen LogP contribution is -2.23. The maximum atomic E-state index is 10.5. The van der Waals surface area contributed by atoms with Gasteiger partial charge in [0.2, 0.25) is 0 Å². The molecule has 1 rings (SSSR count). The molecule has 1 saturated carbocycles. The molecule has 1 aliphatic carbocycles. The number of hydrogen-bond acceptors (Lipinski definition) is 5. The molecule has 0 spiro atoms. The number of carbonyl (C=O) groups excluding carboxylic acids is 1. The fourth-order valence-electron chi connectivity index (χ4n) is 2.83. The number of carbonyl (C=O) groups is 1. The minimum atomic E-state index is -1.15. The van der Waals surface area contributed by atoms with Crippen LogP contribution in [0, 0.1) is 5.92 Å². The Kier molecular flexibility index (Phi) is 6.53. The van der Waals surface area contributed by atoms with E-state index in [0.29, 0.717) is 25.7 Å². The molecule has 0 aliphatic heterocycles. The molecule has 0 amide bonds. The predicted molar refractivity (Wildman–Crippen MR) is 79.7 cm³/mol. The standard InChI is InChI=1S/C16H28O5/c1-15(2,20)7-3-4-13(18)5-8-16(21)10-12(6-9-17)14(19)11-16/h5,8-9,12-14,18-21H,3-4,6-7,10-11H2,1-2H3/t12-,13?,14+,16+/m1/s1. The van der Waals surface area contributed by atoms with Crippen molar-refractivity contribution in [3.63, 3.8) is 0 Å². The van der Waals surface area contributed by atoms with Crippen molar-refractivity contribution in [3.8, 4) is 0 Å². The third-order valence-corrected chi connectivity index (χ3v) is 4.04. The lowest BCUT2D eigenvalue weighted by atomic mass is 9.96. The molecule has 1 fully saturated rings. The van der Waals surface area contributed by atoms with Crippen LogP contribution in [0.1, 0.15) is 52.4 Å². The Balaban J connectivity index is 2.42. The highest BCUT2D eigenvalue weighted by molar-refractivity contribution is 5.50. The van der Waals surface area contributed by atoms with E-state index in [1.165, 1.54) is 6.08 Å². The largest absolute Gasteiger partial charge is 0.393 e. The molecule has 0 saturated heterocycles. The highest BCUT2D eigenvalue weighted by atomic mass is 16.3. The summed E-state index contributed by atoms with van der Waals surface area (Å²) < 4.78 is 0. The summed E-state index contributed by atoms with van der Waals surface area (Å²) in [6.07, 6.45) is 5.04. The normalized spacial score (nSPS) is 31.7. The lowest BCUT2D eigenvalue weighted by molar-refractivity contribution is -0.109. The summed E-state index contributed by atoms with van der Waals surface area (Å²) in [5.74, 6) is -0.218. The van der Waals surface area contributed by atoms with Crippen LogP contribution in [0.25, 0.3) is 0 Å². The van der Waals surface area contributed by atoms with Gasteiger partial charge in [0, 0.05) is 12.8 Å². The van der Waals surface area contributed by atoms with E-state index in [9.17, 15) is 25.2 Å². The zero-order valence-corrected chi connectivity index (χ0v) is 12.9. The minimum Gasteiger partial charge on any atom is -0.393 e. The number of aliphatic hydroxyl groups is 4. The van der Waals surface area contributed by atoms with Crippen LogP contribution in [0.5, 0.6) is 0 Å². The molecule has 0 aromatic heterocycles. The van der Waals surface area contributed by atoms with Crippen LogP contribution < -0.4 is 0 Å². The monoisotopic (exact) mass is 300 g/mol. The second-order valence-corrected chi connectivity index (χ2v) is 6.87. The van der Waals surface area contributed by atoms with Gasteiger partial charge in [-0.15, -0.1) is 0 Å². The fourth-order valence-corrected chi connectivity index (χ4v) is 2.83. The first-order valence-electron chi connectivity index (χ1n) is 7.59. The van der Waals surface area contributed by atoms with Gasteiger partial charge in [0.15, 0.2) is 0 Å². The van der Waals surface area contributed by atoms with Gasteiger partial charge in [-0.3, -0.25) is 0 Å². The smallest absolute Gasteiger partial charge is 0.120 e. The lowest BCUT2D eigenvalue weighted by Gasteiger charge is -2.19. The maximum absolute atomic E-state index is 10.5. The summed E-state index contributed by atoms with van der Waals surface area (Å²) in [7, 11) is 0. The van der Waals surface area contributed by atoms with E-state index in [-0.39, 0.29) is 18.8 Å². The van der Waals surface area contributed by atoms with Crippen LogP contribution >= 0.6 is 0 Å². The second kappa shape index (κ2) is 7.49. The minimum absolute atomic E-state index is 0.193. The van der Waals surface area contributed by atoms with Crippen molar-refractivity contribution in [1.29, 1.82) is 0 Å². The highest BCUT2D eigenvalue weighted by Crippen LogP contribution is 2.37. The molecule has 5 heteroatoms. The quantitative estimate of drug-likeness (QED) is 0.395. The average Bonchev–Trinajstić information content (AvgIpc) is 2.62. The maximum Gasteiger partial charge on any atom is 0.120 e. The van der Waals surface area contributed by atoms with Crippen LogP contribution in [-0.2, 0) is 4.79 Å². The van der Waals surface area contributed by atoms with E-state index in [2.05, 4.69) is 0 Å². The molecule has 0 bridgehead atoms.